The molecule has 0 fully saturated rings. The molecule has 1 aliphatic rings. The standard InChI is InChI=1S/C24H22N2O4S/c1-14-10-15(2)12-16(11-14)26-23(27)21(20-6-5-9-31-20)22(24(26)28)25-18-8-7-17(29-3)13-19(18)30-4/h5-13,25H,1-4H3. The van der Waals surface area contributed by atoms with Crippen molar-refractivity contribution < 1.29 is 19.1 Å². The van der Waals surface area contributed by atoms with E-state index in [0.29, 0.717) is 28.4 Å². The molecule has 31 heavy (non-hydrogen) atoms. The predicted octanol–water partition coefficient (Wildman–Crippen LogP) is 4.78. The van der Waals surface area contributed by atoms with Crippen LogP contribution >= 0.6 is 11.3 Å². The third kappa shape index (κ3) is 3.80. The molecule has 1 aliphatic heterocycles. The lowest BCUT2D eigenvalue weighted by atomic mass is 10.1. The number of aryl methyl sites for hydroxylation is 2. The molecular formula is C24H22N2O4S. The molecule has 1 N–H and O–H groups in total. The Morgan fingerprint density at radius 2 is 1.65 bits per heavy atom. The molecular weight excluding hydrogens is 412 g/mol. The number of anilines is 2. The van der Waals surface area contributed by atoms with E-state index in [2.05, 4.69) is 5.32 Å². The molecule has 158 valence electrons. The average molecular weight is 435 g/mol. The Morgan fingerprint density at radius 3 is 2.26 bits per heavy atom. The molecule has 2 amide bonds. The van der Waals surface area contributed by atoms with Gasteiger partial charge in [0.1, 0.15) is 17.2 Å². The first-order valence-electron chi connectivity index (χ1n) is 9.67. The van der Waals surface area contributed by atoms with Crippen molar-refractivity contribution in [2.75, 3.05) is 24.4 Å². The summed E-state index contributed by atoms with van der Waals surface area (Å²) in [5.41, 5.74) is 3.64. The highest BCUT2D eigenvalue weighted by molar-refractivity contribution is 7.11. The van der Waals surface area contributed by atoms with Crippen LogP contribution in [0.4, 0.5) is 11.4 Å². The van der Waals surface area contributed by atoms with Crippen LogP contribution in [0.5, 0.6) is 11.5 Å². The fourth-order valence-electron chi connectivity index (χ4n) is 3.65. The van der Waals surface area contributed by atoms with E-state index in [-0.39, 0.29) is 11.6 Å². The quantitative estimate of drug-likeness (QED) is 0.566. The average Bonchev–Trinajstić information content (AvgIpc) is 3.34. The largest absolute Gasteiger partial charge is 0.497 e. The maximum Gasteiger partial charge on any atom is 0.282 e. The van der Waals surface area contributed by atoms with Crippen LogP contribution < -0.4 is 19.7 Å². The molecule has 4 rings (SSSR count). The summed E-state index contributed by atoms with van der Waals surface area (Å²) >= 11 is 1.41. The molecule has 2 heterocycles. The van der Waals surface area contributed by atoms with Crippen LogP contribution in [0.25, 0.3) is 5.57 Å². The first kappa shape index (κ1) is 20.7. The van der Waals surface area contributed by atoms with Gasteiger partial charge in [-0.15, -0.1) is 11.3 Å². The Balaban J connectivity index is 1.81. The summed E-state index contributed by atoms with van der Waals surface area (Å²) in [6.45, 7) is 3.88. The van der Waals surface area contributed by atoms with Crippen molar-refractivity contribution >= 4 is 40.1 Å². The molecule has 0 radical (unpaired) electrons. The van der Waals surface area contributed by atoms with Crippen LogP contribution in [0, 0.1) is 13.8 Å². The number of amides is 2. The second-order valence-corrected chi connectivity index (χ2v) is 8.16. The zero-order valence-electron chi connectivity index (χ0n) is 17.7. The molecule has 0 atom stereocenters. The maximum absolute atomic E-state index is 13.5. The number of methoxy groups -OCH3 is 2. The van der Waals surface area contributed by atoms with Gasteiger partial charge in [0.2, 0.25) is 0 Å². The minimum atomic E-state index is -0.406. The number of imide groups is 1. The number of carbonyl (C=O) groups is 2. The Labute approximate surface area is 184 Å². The Bertz CT molecular complexity index is 1180. The third-order valence-electron chi connectivity index (χ3n) is 4.98. The number of thiophene rings is 1. The fraction of sp³-hybridized carbons (Fsp3) is 0.167. The van der Waals surface area contributed by atoms with Gasteiger partial charge in [0.15, 0.2) is 0 Å². The number of ether oxygens (including phenoxy) is 2. The van der Waals surface area contributed by atoms with E-state index in [1.807, 2.05) is 49.6 Å². The molecule has 0 unspecified atom stereocenters. The molecule has 0 bridgehead atoms. The van der Waals surface area contributed by atoms with Gasteiger partial charge < -0.3 is 14.8 Å². The van der Waals surface area contributed by atoms with Crippen molar-refractivity contribution in [1.29, 1.82) is 0 Å². The van der Waals surface area contributed by atoms with E-state index in [1.165, 1.54) is 23.3 Å². The van der Waals surface area contributed by atoms with Crippen LogP contribution in [0.15, 0.2) is 59.6 Å². The SMILES string of the molecule is COc1ccc(NC2=C(c3cccs3)C(=O)N(c3cc(C)cc(C)c3)C2=O)c(OC)c1. The minimum Gasteiger partial charge on any atom is -0.497 e. The van der Waals surface area contributed by atoms with E-state index in [9.17, 15) is 9.59 Å². The van der Waals surface area contributed by atoms with Crippen molar-refractivity contribution in [3.05, 3.63) is 75.6 Å². The molecule has 1 aromatic heterocycles. The van der Waals surface area contributed by atoms with Crippen LogP contribution in [-0.2, 0) is 9.59 Å². The summed E-state index contributed by atoms with van der Waals surface area (Å²) in [5.74, 6) is 0.367. The van der Waals surface area contributed by atoms with Gasteiger partial charge in [-0.1, -0.05) is 12.1 Å². The first-order chi connectivity index (χ1) is 14.9. The summed E-state index contributed by atoms with van der Waals surface area (Å²) in [5, 5.41) is 5.03. The number of hydrogen-bond acceptors (Lipinski definition) is 6. The van der Waals surface area contributed by atoms with E-state index >= 15 is 0 Å². The van der Waals surface area contributed by atoms with Gasteiger partial charge in [-0.25, -0.2) is 4.90 Å². The highest BCUT2D eigenvalue weighted by Crippen LogP contribution is 2.38. The number of carbonyl (C=O) groups excluding carboxylic acids is 2. The Morgan fingerprint density at radius 1 is 0.903 bits per heavy atom. The summed E-state index contributed by atoms with van der Waals surface area (Å²) in [6, 6.07) is 14.6. The van der Waals surface area contributed by atoms with Crippen molar-refractivity contribution in [3.8, 4) is 11.5 Å². The lowest BCUT2D eigenvalue weighted by Gasteiger charge is -2.17. The highest BCUT2D eigenvalue weighted by atomic mass is 32.1. The lowest BCUT2D eigenvalue weighted by Crippen LogP contribution is -2.32. The van der Waals surface area contributed by atoms with E-state index in [4.69, 9.17) is 9.47 Å². The molecule has 6 nitrogen and oxygen atoms in total. The number of benzene rings is 2. The van der Waals surface area contributed by atoms with Gasteiger partial charge in [0, 0.05) is 10.9 Å². The lowest BCUT2D eigenvalue weighted by molar-refractivity contribution is -0.120. The number of nitrogens with one attached hydrogen (secondary N) is 1. The monoisotopic (exact) mass is 434 g/mol. The number of nitrogens with zero attached hydrogens (tertiary/aromatic N) is 1. The van der Waals surface area contributed by atoms with Crippen molar-refractivity contribution in [1.82, 2.24) is 0 Å². The Hall–Kier alpha value is -3.58. The van der Waals surface area contributed by atoms with Crippen LogP contribution in [0.3, 0.4) is 0 Å². The van der Waals surface area contributed by atoms with Crippen LogP contribution in [-0.4, -0.2) is 26.0 Å². The van der Waals surface area contributed by atoms with E-state index in [0.717, 1.165) is 16.0 Å². The van der Waals surface area contributed by atoms with E-state index < -0.39 is 5.91 Å². The normalized spacial score (nSPS) is 13.7. The van der Waals surface area contributed by atoms with Crippen molar-refractivity contribution in [2.45, 2.75) is 13.8 Å². The summed E-state index contributed by atoms with van der Waals surface area (Å²) in [7, 11) is 3.11. The Kier molecular flexibility index (Phi) is 5.52. The van der Waals surface area contributed by atoms with Gasteiger partial charge in [-0.3, -0.25) is 9.59 Å². The smallest absolute Gasteiger partial charge is 0.282 e. The molecule has 0 saturated carbocycles. The summed E-state index contributed by atoms with van der Waals surface area (Å²) in [6.07, 6.45) is 0. The van der Waals surface area contributed by atoms with Crippen LogP contribution in [0.1, 0.15) is 16.0 Å². The molecule has 2 aromatic carbocycles. The van der Waals surface area contributed by atoms with Gasteiger partial charge in [-0.2, -0.15) is 0 Å². The van der Waals surface area contributed by atoms with Gasteiger partial charge >= 0.3 is 0 Å². The van der Waals surface area contributed by atoms with Crippen molar-refractivity contribution in [2.24, 2.45) is 0 Å². The van der Waals surface area contributed by atoms with Crippen molar-refractivity contribution in [3.63, 3.8) is 0 Å². The van der Waals surface area contributed by atoms with Gasteiger partial charge in [-0.05, 0) is 60.7 Å². The molecule has 0 aliphatic carbocycles. The zero-order chi connectivity index (χ0) is 22.1. The summed E-state index contributed by atoms with van der Waals surface area (Å²) in [4.78, 5) is 28.9. The minimum absolute atomic E-state index is 0.218. The predicted molar refractivity (Wildman–Crippen MR) is 123 cm³/mol. The first-order valence-corrected chi connectivity index (χ1v) is 10.5. The van der Waals surface area contributed by atoms with Gasteiger partial charge in [0.05, 0.1) is 31.2 Å². The van der Waals surface area contributed by atoms with Gasteiger partial charge in [0.25, 0.3) is 11.8 Å². The molecule has 0 spiro atoms. The highest BCUT2D eigenvalue weighted by Gasteiger charge is 2.41. The number of rotatable bonds is 6. The molecule has 7 heteroatoms. The second kappa shape index (κ2) is 8.28. The zero-order valence-corrected chi connectivity index (χ0v) is 18.5. The third-order valence-corrected chi connectivity index (χ3v) is 5.87. The molecule has 3 aromatic rings. The second-order valence-electron chi connectivity index (χ2n) is 7.21. The van der Waals surface area contributed by atoms with E-state index in [1.54, 1.807) is 25.3 Å². The summed E-state index contributed by atoms with van der Waals surface area (Å²) < 4.78 is 10.7. The maximum atomic E-state index is 13.5. The van der Waals surface area contributed by atoms with Crippen LogP contribution in [0.2, 0.25) is 0 Å². The fourth-order valence-corrected chi connectivity index (χ4v) is 4.41. The number of hydrogen-bond donors (Lipinski definition) is 1. The topological polar surface area (TPSA) is 67.9 Å². The molecule has 0 saturated heterocycles.